The van der Waals surface area contributed by atoms with Gasteiger partial charge in [-0.05, 0) is 12.8 Å². The van der Waals surface area contributed by atoms with Crippen molar-refractivity contribution in [2.75, 3.05) is 0 Å². The van der Waals surface area contributed by atoms with Crippen LogP contribution in [0.2, 0.25) is 0 Å². The van der Waals surface area contributed by atoms with Crippen LogP contribution in [0.1, 0.15) is 31.1 Å². The quantitative estimate of drug-likeness (QED) is 0.825. The van der Waals surface area contributed by atoms with E-state index in [9.17, 15) is 4.79 Å². The molecule has 1 saturated heterocycles. The lowest BCUT2D eigenvalue weighted by molar-refractivity contribution is -0.119. The summed E-state index contributed by atoms with van der Waals surface area (Å²) in [6, 6.07) is 0. The van der Waals surface area contributed by atoms with Crippen LogP contribution in [0.4, 0.5) is 0 Å². The van der Waals surface area contributed by atoms with Gasteiger partial charge in [-0.2, -0.15) is 0 Å². The number of aromatic nitrogens is 1. The second kappa shape index (κ2) is 3.69. The summed E-state index contributed by atoms with van der Waals surface area (Å²) in [5.41, 5.74) is 1.85. The molecule has 2 rings (SSSR count). The topological polar surface area (TPSA) is 42.0 Å². The summed E-state index contributed by atoms with van der Waals surface area (Å²) in [5, 5.41) is 3.10. The lowest BCUT2D eigenvalue weighted by atomic mass is 9.90. The number of hydrogen-bond donors (Lipinski definition) is 1. The molecule has 0 radical (unpaired) electrons. The Morgan fingerprint density at radius 3 is 3.07 bits per heavy atom. The summed E-state index contributed by atoms with van der Waals surface area (Å²) in [7, 11) is 0. The molecule has 14 heavy (non-hydrogen) atoms. The van der Waals surface area contributed by atoms with Crippen LogP contribution < -0.4 is 5.32 Å². The van der Waals surface area contributed by atoms with Gasteiger partial charge in [0, 0.05) is 29.5 Å². The van der Waals surface area contributed by atoms with Crippen LogP contribution in [0.15, 0.2) is 11.7 Å². The molecule has 1 aliphatic rings. The van der Waals surface area contributed by atoms with Gasteiger partial charge >= 0.3 is 0 Å². The predicted octanol–water partition coefficient (Wildman–Crippen LogP) is 1.74. The zero-order valence-electron chi connectivity index (χ0n) is 8.25. The Morgan fingerprint density at radius 2 is 2.57 bits per heavy atom. The molecule has 1 aromatic heterocycles. The summed E-state index contributed by atoms with van der Waals surface area (Å²) in [6.07, 6.45) is 5.45. The van der Waals surface area contributed by atoms with E-state index in [0.29, 0.717) is 6.42 Å². The van der Waals surface area contributed by atoms with Gasteiger partial charge in [0.1, 0.15) is 0 Å². The molecule has 1 amide bonds. The molecule has 1 N–H and O–H groups in total. The molecule has 3 nitrogen and oxygen atoms in total. The number of hydrogen-bond acceptors (Lipinski definition) is 3. The lowest BCUT2D eigenvalue weighted by Gasteiger charge is -2.26. The molecule has 1 atom stereocenters. The highest BCUT2D eigenvalue weighted by molar-refractivity contribution is 7.09. The van der Waals surface area contributed by atoms with Gasteiger partial charge in [0.15, 0.2) is 0 Å². The van der Waals surface area contributed by atoms with E-state index in [1.54, 1.807) is 11.3 Å². The zero-order chi connectivity index (χ0) is 10.0. The van der Waals surface area contributed by atoms with Crippen LogP contribution >= 0.6 is 11.3 Å². The van der Waals surface area contributed by atoms with Gasteiger partial charge in [0.25, 0.3) is 0 Å². The van der Waals surface area contributed by atoms with E-state index < -0.39 is 0 Å². The van der Waals surface area contributed by atoms with Gasteiger partial charge in [0.05, 0.1) is 5.51 Å². The summed E-state index contributed by atoms with van der Waals surface area (Å²) < 4.78 is 0. The lowest BCUT2D eigenvalue weighted by Crippen LogP contribution is -2.42. The summed E-state index contributed by atoms with van der Waals surface area (Å²) in [6.45, 7) is 2.13. The summed E-state index contributed by atoms with van der Waals surface area (Å²) in [4.78, 5) is 16.5. The maximum atomic E-state index is 11.2. The molecule has 0 aliphatic carbocycles. The molecule has 4 heteroatoms. The summed E-state index contributed by atoms with van der Waals surface area (Å²) in [5.74, 6) is 0.191. The van der Waals surface area contributed by atoms with E-state index in [2.05, 4.69) is 17.2 Å². The number of nitrogens with zero attached hydrogens (tertiary/aromatic N) is 1. The Balaban J connectivity index is 2.10. The van der Waals surface area contributed by atoms with Crippen LogP contribution in [0.5, 0.6) is 0 Å². The third-order valence-electron chi connectivity index (χ3n) is 2.91. The van der Waals surface area contributed by atoms with Crippen molar-refractivity contribution in [1.29, 1.82) is 0 Å². The fourth-order valence-corrected chi connectivity index (χ4v) is 2.70. The van der Waals surface area contributed by atoms with Crippen molar-refractivity contribution in [2.45, 2.75) is 38.1 Å². The normalized spacial score (nSPS) is 26.5. The van der Waals surface area contributed by atoms with Crippen LogP contribution in [0.25, 0.3) is 0 Å². The first-order valence-corrected chi connectivity index (χ1v) is 5.80. The van der Waals surface area contributed by atoms with Crippen LogP contribution in [-0.2, 0) is 11.2 Å². The van der Waals surface area contributed by atoms with Crippen molar-refractivity contribution in [1.82, 2.24) is 10.3 Å². The van der Waals surface area contributed by atoms with Gasteiger partial charge in [-0.1, -0.05) is 6.92 Å². The molecule has 1 aliphatic heterocycles. The maximum absolute atomic E-state index is 11.2. The van der Waals surface area contributed by atoms with Crippen molar-refractivity contribution in [3.63, 3.8) is 0 Å². The fraction of sp³-hybridized carbons (Fsp3) is 0.600. The van der Waals surface area contributed by atoms with Crippen molar-refractivity contribution < 1.29 is 4.79 Å². The number of amides is 1. The van der Waals surface area contributed by atoms with E-state index in [0.717, 1.165) is 19.3 Å². The second-order valence-electron chi connectivity index (χ2n) is 3.83. The number of thiazole rings is 1. The smallest absolute Gasteiger partial charge is 0.220 e. The van der Waals surface area contributed by atoms with Crippen molar-refractivity contribution in [3.8, 4) is 0 Å². The monoisotopic (exact) mass is 210 g/mol. The highest BCUT2D eigenvalue weighted by Gasteiger charge is 2.36. The molecule has 76 valence electrons. The van der Waals surface area contributed by atoms with Crippen molar-refractivity contribution in [2.24, 2.45) is 0 Å². The van der Waals surface area contributed by atoms with Gasteiger partial charge < -0.3 is 5.32 Å². The first-order chi connectivity index (χ1) is 6.74. The maximum Gasteiger partial charge on any atom is 0.220 e. The molecule has 1 aromatic rings. The third kappa shape index (κ3) is 1.80. The molecule has 2 heterocycles. The molecule has 1 fully saturated rings. The zero-order valence-corrected chi connectivity index (χ0v) is 9.06. The molecule has 0 spiro atoms. The first kappa shape index (κ1) is 9.65. The number of rotatable bonds is 3. The Morgan fingerprint density at radius 1 is 1.71 bits per heavy atom. The highest BCUT2D eigenvalue weighted by atomic mass is 32.1. The standard InChI is InChI=1S/C10H14N2OS/c1-2-10(4-3-9(13)12-10)5-8-6-11-7-14-8/h6-7H,2-5H2,1H3,(H,12,13). The molecule has 0 bridgehead atoms. The van der Waals surface area contributed by atoms with E-state index in [1.807, 2.05) is 11.7 Å². The molecule has 0 aromatic carbocycles. The van der Waals surface area contributed by atoms with Crippen LogP contribution in [-0.4, -0.2) is 16.4 Å². The Labute approximate surface area is 87.6 Å². The van der Waals surface area contributed by atoms with Crippen molar-refractivity contribution in [3.05, 3.63) is 16.6 Å². The highest BCUT2D eigenvalue weighted by Crippen LogP contribution is 2.28. The average molecular weight is 210 g/mol. The number of carbonyl (C=O) groups excluding carboxylic acids is 1. The van der Waals surface area contributed by atoms with Crippen LogP contribution in [0, 0.1) is 0 Å². The Hall–Kier alpha value is -0.900. The number of nitrogens with one attached hydrogen (secondary N) is 1. The fourth-order valence-electron chi connectivity index (χ4n) is 1.96. The van der Waals surface area contributed by atoms with E-state index in [4.69, 9.17) is 0 Å². The Kier molecular flexibility index (Phi) is 2.54. The minimum absolute atomic E-state index is 0.00359. The van der Waals surface area contributed by atoms with Crippen LogP contribution in [0.3, 0.4) is 0 Å². The van der Waals surface area contributed by atoms with E-state index in [1.165, 1.54) is 4.88 Å². The number of carbonyl (C=O) groups is 1. The predicted molar refractivity (Wildman–Crippen MR) is 56.2 cm³/mol. The molecule has 0 saturated carbocycles. The van der Waals surface area contributed by atoms with Gasteiger partial charge in [-0.25, -0.2) is 0 Å². The first-order valence-electron chi connectivity index (χ1n) is 4.92. The summed E-state index contributed by atoms with van der Waals surface area (Å²) >= 11 is 1.66. The van der Waals surface area contributed by atoms with E-state index >= 15 is 0 Å². The largest absolute Gasteiger partial charge is 0.350 e. The minimum atomic E-state index is 0.00359. The minimum Gasteiger partial charge on any atom is -0.350 e. The van der Waals surface area contributed by atoms with Gasteiger partial charge in [0.2, 0.25) is 5.91 Å². The third-order valence-corrected chi connectivity index (χ3v) is 3.69. The second-order valence-corrected chi connectivity index (χ2v) is 4.80. The van der Waals surface area contributed by atoms with E-state index in [-0.39, 0.29) is 11.4 Å². The Bertz CT molecular complexity index is 323. The molecule has 1 unspecified atom stereocenters. The van der Waals surface area contributed by atoms with Crippen molar-refractivity contribution >= 4 is 17.2 Å². The average Bonchev–Trinajstić information content (AvgIpc) is 2.77. The SMILES string of the molecule is CCC1(Cc2cncs2)CCC(=O)N1. The van der Waals surface area contributed by atoms with Gasteiger partial charge in [-0.15, -0.1) is 11.3 Å². The molecular weight excluding hydrogens is 196 g/mol. The molecular formula is C10H14N2OS. The van der Waals surface area contributed by atoms with Gasteiger partial charge in [-0.3, -0.25) is 9.78 Å².